The van der Waals surface area contributed by atoms with Crippen molar-refractivity contribution in [3.05, 3.63) is 41.7 Å². The second-order valence-electron chi connectivity index (χ2n) is 5.83. The topological polar surface area (TPSA) is 95.6 Å². The molecule has 0 amide bonds. The van der Waals surface area contributed by atoms with Crippen molar-refractivity contribution in [3.63, 3.8) is 0 Å². The van der Waals surface area contributed by atoms with E-state index in [0.717, 1.165) is 18.8 Å². The van der Waals surface area contributed by atoms with Crippen molar-refractivity contribution in [1.82, 2.24) is 19.5 Å². The summed E-state index contributed by atoms with van der Waals surface area (Å²) in [5.74, 6) is 1.91. The lowest BCUT2D eigenvalue weighted by atomic mass is 10.1. The summed E-state index contributed by atoms with van der Waals surface area (Å²) < 4.78 is 2.10. The molecule has 2 aromatic heterocycles. The van der Waals surface area contributed by atoms with Crippen LogP contribution in [0.5, 0.6) is 0 Å². The lowest BCUT2D eigenvalue weighted by Gasteiger charge is -2.11. The van der Waals surface area contributed by atoms with Crippen molar-refractivity contribution in [1.29, 1.82) is 0 Å². The summed E-state index contributed by atoms with van der Waals surface area (Å²) in [6.45, 7) is 5.13. The summed E-state index contributed by atoms with van der Waals surface area (Å²) in [6, 6.07) is 10.2. The zero-order valence-electron chi connectivity index (χ0n) is 12.8. The maximum Gasteiger partial charge on any atom is 0.224 e. The maximum atomic E-state index is 5.96. The van der Waals surface area contributed by atoms with Gasteiger partial charge in [0.2, 0.25) is 5.95 Å². The van der Waals surface area contributed by atoms with Gasteiger partial charge >= 0.3 is 0 Å². The lowest BCUT2D eigenvalue weighted by molar-refractivity contribution is 0.518. The summed E-state index contributed by atoms with van der Waals surface area (Å²) in [4.78, 5) is 13.0. The van der Waals surface area contributed by atoms with Gasteiger partial charge in [-0.15, -0.1) is 0 Å². The monoisotopic (exact) mass is 296 g/mol. The second kappa shape index (κ2) is 5.63. The van der Waals surface area contributed by atoms with Crippen LogP contribution in [0, 0.1) is 5.92 Å². The van der Waals surface area contributed by atoms with Gasteiger partial charge in [0.05, 0.1) is 0 Å². The highest BCUT2D eigenvalue weighted by atomic mass is 15.2. The molecule has 4 N–H and O–H groups in total. The fourth-order valence-corrected chi connectivity index (χ4v) is 2.55. The summed E-state index contributed by atoms with van der Waals surface area (Å²) >= 11 is 0. The van der Waals surface area contributed by atoms with Crippen LogP contribution in [-0.2, 0) is 13.0 Å². The number of hydrogen-bond donors (Lipinski definition) is 2. The van der Waals surface area contributed by atoms with Gasteiger partial charge in [0.25, 0.3) is 0 Å². The zero-order chi connectivity index (χ0) is 15.7. The average Bonchev–Trinajstić information content (AvgIpc) is 2.78. The quantitative estimate of drug-likeness (QED) is 0.769. The van der Waals surface area contributed by atoms with Gasteiger partial charge < -0.3 is 16.0 Å². The number of hydrogen-bond acceptors (Lipinski definition) is 5. The summed E-state index contributed by atoms with van der Waals surface area (Å²) in [5, 5.41) is 0. The molecule has 0 atom stereocenters. The number of rotatable bonds is 4. The van der Waals surface area contributed by atoms with Crippen LogP contribution in [0.4, 0.5) is 11.8 Å². The largest absolute Gasteiger partial charge is 0.382 e. The van der Waals surface area contributed by atoms with Gasteiger partial charge in [0, 0.05) is 13.0 Å². The van der Waals surface area contributed by atoms with Gasteiger partial charge in [0.15, 0.2) is 17.0 Å². The number of benzene rings is 1. The van der Waals surface area contributed by atoms with Crippen LogP contribution in [0.15, 0.2) is 30.3 Å². The Morgan fingerprint density at radius 3 is 2.45 bits per heavy atom. The van der Waals surface area contributed by atoms with Crippen molar-refractivity contribution in [2.24, 2.45) is 5.92 Å². The Hall–Kier alpha value is -2.63. The van der Waals surface area contributed by atoms with E-state index in [-0.39, 0.29) is 5.95 Å². The van der Waals surface area contributed by atoms with Crippen LogP contribution in [-0.4, -0.2) is 19.5 Å². The molecule has 6 heteroatoms. The van der Waals surface area contributed by atoms with E-state index in [1.807, 2.05) is 18.2 Å². The number of fused-ring (bicyclic) bond motifs is 1. The summed E-state index contributed by atoms with van der Waals surface area (Å²) in [7, 11) is 0. The van der Waals surface area contributed by atoms with Crippen LogP contribution < -0.4 is 11.5 Å². The van der Waals surface area contributed by atoms with Crippen LogP contribution in [0.2, 0.25) is 0 Å². The van der Waals surface area contributed by atoms with Gasteiger partial charge in [-0.3, -0.25) is 0 Å². The van der Waals surface area contributed by atoms with Crippen molar-refractivity contribution < 1.29 is 0 Å². The molecule has 3 aromatic rings. The van der Waals surface area contributed by atoms with Crippen LogP contribution in [0.3, 0.4) is 0 Å². The van der Waals surface area contributed by atoms with Crippen molar-refractivity contribution in [3.8, 4) is 0 Å². The van der Waals surface area contributed by atoms with Gasteiger partial charge in [0.1, 0.15) is 5.82 Å². The van der Waals surface area contributed by atoms with E-state index >= 15 is 0 Å². The Morgan fingerprint density at radius 1 is 1.05 bits per heavy atom. The smallest absolute Gasteiger partial charge is 0.224 e. The molecule has 0 fully saturated rings. The minimum absolute atomic E-state index is 0.182. The van der Waals surface area contributed by atoms with Crippen molar-refractivity contribution >= 4 is 22.9 Å². The Bertz CT molecular complexity index is 791. The number of aromatic nitrogens is 4. The molecule has 0 aliphatic carbocycles. The van der Waals surface area contributed by atoms with Gasteiger partial charge in [-0.25, -0.2) is 4.98 Å². The van der Waals surface area contributed by atoms with E-state index in [2.05, 4.69) is 45.5 Å². The molecule has 2 heterocycles. The number of imidazole rings is 1. The molecule has 6 nitrogen and oxygen atoms in total. The fourth-order valence-electron chi connectivity index (χ4n) is 2.55. The van der Waals surface area contributed by atoms with E-state index in [1.165, 1.54) is 5.56 Å². The average molecular weight is 296 g/mol. The highest BCUT2D eigenvalue weighted by molar-refractivity contribution is 5.83. The Kier molecular flexibility index (Phi) is 3.66. The number of nitrogens with two attached hydrogens (primary N) is 2. The molecule has 0 unspecified atom stereocenters. The second-order valence-corrected chi connectivity index (χ2v) is 5.83. The van der Waals surface area contributed by atoms with Gasteiger partial charge in [-0.05, 0) is 11.5 Å². The summed E-state index contributed by atoms with van der Waals surface area (Å²) in [6.07, 6.45) is 0.725. The van der Waals surface area contributed by atoms with E-state index in [4.69, 9.17) is 11.5 Å². The molecule has 0 saturated carbocycles. The van der Waals surface area contributed by atoms with Crippen molar-refractivity contribution in [2.45, 2.75) is 26.8 Å². The first kappa shape index (κ1) is 14.3. The van der Waals surface area contributed by atoms with Crippen LogP contribution in [0.25, 0.3) is 11.2 Å². The first-order valence-corrected chi connectivity index (χ1v) is 7.36. The Morgan fingerprint density at radius 2 is 1.77 bits per heavy atom. The van der Waals surface area contributed by atoms with E-state index in [0.29, 0.717) is 22.9 Å². The molecule has 0 bridgehead atoms. The molecule has 0 radical (unpaired) electrons. The molecule has 0 aliphatic heterocycles. The molecule has 1 aromatic carbocycles. The molecule has 114 valence electrons. The SMILES string of the molecule is CC(C)Cn1c(Cc2ccccc2)nc2c(N)nc(N)nc21. The number of nitrogen functional groups attached to an aromatic ring is 2. The molecular weight excluding hydrogens is 276 g/mol. The van der Waals surface area contributed by atoms with E-state index in [1.54, 1.807) is 0 Å². The predicted octanol–water partition coefficient (Wildman–Crippen LogP) is 2.24. The normalized spacial score (nSPS) is 11.4. The summed E-state index contributed by atoms with van der Waals surface area (Å²) in [5.41, 5.74) is 14.2. The first-order chi connectivity index (χ1) is 10.5. The highest BCUT2D eigenvalue weighted by Gasteiger charge is 2.17. The third kappa shape index (κ3) is 2.72. The zero-order valence-corrected chi connectivity index (χ0v) is 12.8. The molecular formula is C16H20N6. The van der Waals surface area contributed by atoms with Crippen LogP contribution in [0.1, 0.15) is 25.2 Å². The van der Waals surface area contributed by atoms with Gasteiger partial charge in [-0.2, -0.15) is 9.97 Å². The number of anilines is 2. The maximum absolute atomic E-state index is 5.96. The van der Waals surface area contributed by atoms with Crippen LogP contribution >= 0.6 is 0 Å². The fraction of sp³-hybridized carbons (Fsp3) is 0.312. The minimum atomic E-state index is 0.182. The molecule has 0 saturated heterocycles. The number of nitrogens with zero attached hydrogens (tertiary/aromatic N) is 4. The molecule has 3 rings (SSSR count). The van der Waals surface area contributed by atoms with E-state index in [9.17, 15) is 0 Å². The first-order valence-electron chi connectivity index (χ1n) is 7.36. The molecule has 0 spiro atoms. The highest BCUT2D eigenvalue weighted by Crippen LogP contribution is 2.22. The Labute approximate surface area is 129 Å². The molecule has 0 aliphatic rings. The van der Waals surface area contributed by atoms with Gasteiger partial charge in [-0.1, -0.05) is 44.2 Å². The Balaban J connectivity index is 2.13. The third-order valence-corrected chi connectivity index (χ3v) is 3.47. The molecule has 22 heavy (non-hydrogen) atoms. The standard InChI is InChI=1S/C16H20N6/c1-10(2)9-22-12(8-11-6-4-3-5-7-11)19-13-14(17)20-16(18)21-15(13)22/h3-7,10H,8-9H2,1-2H3,(H4,17,18,20,21). The minimum Gasteiger partial charge on any atom is -0.382 e. The lowest BCUT2D eigenvalue weighted by Crippen LogP contribution is -2.10. The third-order valence-electron chi connectivity index (χ3n) is 3.47. The predicted molar refractivity (Wildman–Crippen MR) is 88.2 cm³/mol. The van der Waals surface area contributed by atoms with E-state index < -0.39 is 0 Å². The van der Waals surface area contributed by atoms with Crippen molar-refractivity contribution in [2.75, 3.05) is 11.5 Å².